The summed E-state index contributed by atoms with van der Waals surface area (Å²) in [5, 5.41) is 11.7. The van der Waals surface area contributed by atoms with Gasteiger partial charge in [0.15, 0.2) is 21.7 Å². The van der Waals surface area contributed by atoms with Crippen molar-refractivity contribution in [1.82, 2.24) is 24.8 Å². The molecule has 0 fully saturated rings. The second kappa shape index (κ2) is 6.59. The summed E-state index contributed by atoms with van der Waals surface area (Å²) in [6.45, 7) is 4.92. The lowest BCUT2D eigenvalue weighted by Crippen LogP contribution is -2.45. The van der Waals surface area contributed by atoms with E-state index in [-0.39, 0.29) is 12.4 Å². The number of amides is 1. The monoisotopic (exact) mass is 400 g/mol. The van der Waals surface area contributed by atoms with Gasteiger partial charge in [0.25, 0.3) is 0 Å². The third-order valence-corrected chi connectivity index (χ3v) is 3.47. The molecule has 1 atom stereocenters. The Labute approximate surface area is 145 Å². The molecule has 0 saturated carbocycles. The summed E-state index contributed by atoms with van der Waals surface area (Å²) >= 11 is 3.23. The number of aliphatic carboxylic acids is 1. The van der Waals surface area contributed by atoms with E-state index < -0.39 is 23.7 Å². The summed E-state index contributed by atoms with van der Waals surface area (Å²) in [6, 6.07) is -1.25. The summed E-state index contributed by atoms with van der Waals surface area (Å²) in [5.41, 5.74) is 5.68. The molecule has 2 aromatic rings. The van der Waals surface area contributed by atoms with E-state index in [9.17, 15) is 14.7 Å². The first-order valence-electron chi connectivity index (χ1n) is 6.93. The fourth-order valence-corrected chi connectivity index (χ4v) is 2.40. The number of rotatable bonds is 4. The molecule has 4 N–H and O–H groups in total. The fraction of sp³-hybridized carbons (Fsp3) is 0.462. The SMILES string of the molecule is CC(C)(C)OC(=O)N[C@@H](Cn1c(Br)nc2c(N)ncnc21)C(=O)O. The minimum atomic E-state index is -1.25. The van der Waals surface area contributed by atoms with E-state index in [1.165, 1.54) is 10.9 Å². The van der Waals surface area contributed by atoms with Crippen LogP contribution in [0, 0.1) is 0 Å². The van der Waals surface area contributed by atoms with E-state index in [1.807, 2.05) is 0 Å². The molecule has 0 aliphatic heterocycles. The summed E-state index contributed by atoms with van der Waals surface area (Å²) in [6.07, 6.45) is 0.420. The maximum atomic E-state index is 11.8. The average Bonchev–Trinajstić information content (AvgIpc) is 2.74. The number of nitrogens with one attached hydrogen (secondary N) is 1. The Balaban J connectivity index is 2.26. The first-order valence-corrected chi connectivity index (χ1v) is 7.72. The van der Waals surface area contributed by atoms with Gasteiger partial charge in [-0.2, -0.15) is 0 Å². The number of nitrogens with zero attached hydrogens (tertiary/aromatic N) is 4. The van der Waals surface area contributed by atoms with Crippen LogP contribution in [-0.2, 0) is 16.1 Å². The quantitative estimate of drug-likeness (QED) is 0.647. The normalized spacial score (nSPS) is 12.8. The number of fused-ring (bicyclic) bond motifs is 1. The smallest absolute Gasteiger partial charge is 0.408 e. The van der Waals surface area contributed by atoms with E-state index in [0.717, 1.165) is 0 Å². The van der Waals surface area contributed by atoms with E-state index in [4.69, 9.17) is 10.5 Å². The van der Waals surface area contributed by atoms with Crippen LogP contribution in [0.25, 0.3) is 11.2 Å². The Morgan fingerprint density at radius 1 is 1.46 bits per heavy atom. The molecular weight excluding hydrogens is 384 g/mol. The lowest BCUT2D eigenvalue weighted by atomic mass is 10.2. The second-order valence-corrected chi connectivity index (χ2v) is 6.67. The average molecular weight is 401 g/mol. The molecule has 0 bridgehead atoms. The number of anilines is 1. The van der Waals surface area contributed by atoms with Crippen LogP contribution in [0.4, 0.5) is 10.6 Å². The molecule has 24 heavy (non-hydrogen) atoms. The summed E-state index contributed by atoms with van der Waals surface area (Å²) < 4.78 is 6.88. The molecule has 0 aliphatic rings. The Morgan fingerprint density at radius 3 is 2.71 bits per heavy atom. The maximum absolute atomic E-state index is 11.8. The van der Waals surface area contributed by atoms with Gasteiger partial charge in [0.1, 0.15) is 18.0 Å². The maximum Gasteiger partial charge on any atom is 0.408 e. The number of hydrogen-bond donors (Lipinski definition) is 3. The van der Waals surface area contributed by atoms with Crippen molar-refractivity contribution >= 4 is 45.0 Å². The number of nitrogen functional groups attached to an aromatic ring is 1. The van der Waals surface area contributed by atoms with Gasteiger partial charge < -0.3 is 25.5 Å². The molecular formula is C13H17BrN6O4. The van der Waals surface area contributed by atoms with Gasteiger partial charge in [-0.15, -0.1) is 0 Å². The Kier molecular flexibility index (Phi) is 4.92. The molecule has 0 spiro atoms. The van der Waals surface area contributed by atoms with Crippen LogP contribution in [0.15, 0.2) is 11.1 Å². The van der Waals surface area contributed by atoms with Crippen molar-refractivity contribution in [2.45, 2.75) is 39.0 Å². The van der Waals surface area contributed by atoms with Crippen molar-refractivity contribution in [3.63, 3.8) is 0 Å². The number of carboxylic acids is 1. The zero-order valence-corrected chi connectivity index (χ0v) is 14.9. The van der Waals surface area contributed by atoms with E-state index in [0.29, 0.717) is 15.9 Å². The van der Waals surface area contributed by atoms with Crippen LogP contribution in [0.1, 0.15) is 20.8 Å². The van der Waals surface area contributed by atoms with Crippen LogP contribution in [0.2, 0.25) is 0 Å². The Morgan fingerprint density at radius 2 is 2.12 bits per heavy atom. The molecule has 2 aromatic heterocycles. The molecule has 130 valence electrons. The number of nitrogens with two attached hydrogens (primary N) is 1. The minimum Gasteiger partial charge on any atom is -0.480 e. The molecule has 2 rings (SSSR count). The van der Waals surface area contributed by atoms with Gasteiger partial charge in [-0.1, -0.05) is 0 Å². The second-order valence-electron chi connectivity index (χ2n) is 5.96. The van der Waals surface area contributed by atoms with Crippen LogP contribution >= 0.6 is 15.9 Å². The van der Waals surface area contributed by atoms with Gasteiger partial charge in [-0.25, -0.2) is 24.5 Å². The highest BCUT2D eigenvalue weighted by Gasteiger charge is 2.26. The van der Waals surface area contributed by atoms with Crippen molar-refractivity contribution < 1.29 is 19.4 Å². The van der Waals surface area contributed by atoms with Crippen molar-refractivity contribution in [1.29, 1.82) is 0 Å². The summed E-state index contributed by atoms with van der Waals surface area (Å²) in [5.74, 6) is -1.05. The molecule has 10 nitrogen and oxygen atoms in total. The predicted octanol–water partition coefficient (Wildman–Crippen LogP) is 1.15. The number of carbonyl (C=O) groups is 2. The number of alkyl carbamates (subject to hydrolysis) is 1. The van der Waals surface area contributed by atoms with Gasteiger partial charge >= 0.3 is 12.1 Å². The van der Waals surface area contributed by atoms with Gasteiger partial charge in [0.05, 0.1) is 6.54 Å². The van der Waals surface area contributed by atoms with Crippen LogP contribution < -0.4 is 11.1 Å². The number of ether oxygens (including phenoxy) is 1. The largest absolute Gasteiger partial charge is 0.480 e. The number of aromatic nitrogens is 4. The minimum absolute atomic E-state index is 0.123. The summed E-state index contributed by atoms with van der Waals surface area (Å²) in [4.78, 5) is 35.3. The van der Waals surface area contributed by atoms with Gasteiger partial charge in [-0.3, -0.25) is 0 Å². The van der Waals surface area contributed by atoms with Crippen LogP contribution in [0.5, 0.6) is 0 Å². The number of hydrogen-bond acceptors (Lipinski definition) is 7. The number of carbonyl (C=O) groups excluding carboxylic acids is 1. The number of imidazole rings is 1. The summed E-state index contributed by atoms with van der Waals surface area (Å²) in [7, 11) is 0. The van der Waals surface area contributed by atoms with Crippen LogP contribution in [-0.4, -0.2) is 48.3 Å². The molecule has 2 heterocycles. The first kappa shape index (κ1) is 17.9. The fourth-order valence-electron chi connectivity index (χ4n) is 1.91. The Bertz CT molecular complexity index is 785. The predicted molar refractivity (Wildman–Crippen MR) is 88.2 cm³/mol. The molecule has 0 aliphatic carbocycles. The number of halogens is 1. The van der Waals surface area contributed by atoms with Gasteiger partial charge in [0.2, 0.25) is 0 Å². The molecule has 0 unspecified atom stereocenters. The lowest BCUT2D eigenvalue weighted by Gasteiger charge is -2.22. The van der Waals surface area contributed by atoms with E-state index >= 15 is 0 Å². The van der Waals surface area contributed by atoms with Gasteiger partial charge in [0, 0.05) is 0 Å². The molecule has 0 radical (unpaired) electrons. The standard InChI is InChI=1S/C13H17BrN6O4/c1-13(2,3)24-12(23)18-6(10(21)22)4-20-9-7(19-11(20)14)8(15)16-5-17-9/h5-6H,4H2,1-3H3,(H,18,23)(H,21,22)(H2,15,16,17)/t6-/m0/s1. The zero-order chi connectivity index (χ0) is 18.1. The number of carboxylic acid groups (broad SMARTS) is 1. The lowest BCUT2D eigenvalue weighted by molar-refractivity contribution is -0.139. The highest BCUT2D eigenvalue weighted by Crippen LogP contribution is 2.21. The molecule has 0 aromatic carbocycles. The van der Waals surface area contributed by atoms with Gasteiger partial charge in [-0.05, 0) is 36.7 Å². The molecule has 0 saturated heterocycles. The Hall–Kier alpha value is -2.43. The third kappa shape index (κ3) is 4.10. The first-order chi connectivity index (χ1) is 11.1. The van der Waals surface area contributed by atoms with E-state index in [1.54, 1.807) is 20.8 Å². The van der Waals surface area contributed by atoms with Crippen molar-refractivity contribution in [3.8, 4) is 0 Å². The topological polar surface area (TPSA) is 145 Å². The van der Waals surface area contributed by atoms with Crippen molar-refractivity contribution in [2.24, 2.45) is 0 Å². The van der Waals surface area contributed by atoms with Crippen LogP contribution in [0.3, 0.4) is 0 Å². The van der Waals surface area contributed by atoms with E-state index in [2.05, 4.69) is 36.2 Å². The molecule has 11 heteroatoms. The third-order valence-electron chi connectivity index (χ3n) is 2.87. The highest BCUT2D eigenvalue weighted by molar-refractivity contribution is 9.10. The highest BCUT2D eigenvalue weighted by atomic mass is 79.9. The van der Waals surface area contributed by atoms with Crippen molar-refractivity contribution in [3.05, 3.63) is 11.1 Å². The van der Waals surface area contributed by atoms with Crippen molar-refractivity contribution in [2.75, 3.05) is 5.73 Å². The zero-order valence-electron chi connectivity index (χ0n) is 13.3. The molecule has 1 amide bonds.